The van der Waals surface area contributed by atoms with Crippen LogP contribution in [0.25, 0.3) is 0 Å². The molecule has 2 amide bonds. The summed E-state index contributed by atoms with van der Waals surface area (Å²) in [6.07, 6.45) is 0. The molecule has 1 aromatic heterocycles. The van der Waals surface area contributed by atoms with Gasteiger partial charge in [0.25, 0.3) is 11.8 Å². The average Bonchev–Trinajstić information content (AvgIpc) is 3.10. The van der Waals surface area contributed by atoms with E-state index in [9.17, 15) is 9.59 Å². The molecular formula is C19H16ClN3O2S2. The number of aromatic nitrogens is 1. The number of halogens is 1. The smallest absolute Gasteiger partial charge is 0.267 e. The van der Waals surface area contributed by atoms with Gasteiger partial charge < -0.3 is 0 Å². The van der Waals surface area contributed by atoms with E-state index in [-0.39, 0.29) is 5.91 Å². The molecule has 0 saturated heterocycles. The maximum Gasteiger partial charge on any atom is 0.271 e. The lowest BCUT2D eigenvalue weighted by atomic mass is 10.1. The fourth-order valence-corrected chi connectivity index (χ4v) is 4.37. The number of carbonyl (C=O) groups excluding carboxylic acids is 2. The SMILES string of the molecule is Cc1csc(SCc2ccccc2C(=O)NNC(=O)c2ccccc2Cl)n1. The quantitative estimate of drug-likeness (QED) is 0.474. The van der Waals surface area contributed by atoms with Crippen molar-refractivity contribution in [2.75, 3.05) is 0 Å². The molecule has 2 aromatic carbocycles. The molecule has 0 aliphatic rings. The van der Waals surface area contributed by atoms with Crippen molar-refractivity contribution in [2.24, 2.45) is 0 Å². The summed E-state index contributed by atoms with van der Waals surface area (Å²) < 4.78 is 0.953. The van der Waals surface area contributed by atoms with Gasteiger partial charge in [0.1, 0.15) is 4.34 Å². The number of aryl methyl sites for hydroxylation is 1. The molecule has 1 heterocycles. The predicted octanol–water partition coefficient (Wildman–Crippen LogP) is 4.47. The lowest BCUT2D eigenvalue weighted by Gasteiger charge is -2.11. The van der Waals surface area contributed by atoms with Gasteiger partial charge in [-0.1, -0.05) is 53.7 Å². The zero-order chi connectivity index (χ0) is 19.2. The average molecular weight is 418 g/mol. The molecule has 0 spiro atoms. The van der Waals surface area contributed by atoms with Crippen LogP contribution < -0.4 is 10.9 Å². The van der Waals surface area contributed by atoms with Crippen molar-refractivity contribution in [3.63, 3.8) is 0 Å². The van der Waals surface area contributed by atoms with Crippen molar-refractivity contribution >= 4 is 46.5 Å². The van der Waals surface area contributed by atoms with E-state index in [2.05, 4.69) is 15.8 Å². The fraction of sp³-hybridized carbons (Fsp3) is 0.105. The van der Waals surface area contributed by atoms with Gasteiger partial charge in [-0.2, -0.15) is 0 Å². The molecule has 0 radical (unpaired) electrons. The Hall–Kier alpha value is -2.35. The van der Waals surface area contributed by atoms with Crippen LogP contribution in [0.5, 0.6) is 0 Å². The van der Waals surface area contributed by atoms with Gasteiger partial charge in [0.05, 0.1) is 10.6 Å². The number of amides is 2. The molecule has 3 aromatic rings. The molecule has 0 aliphatic heterocycles. The number of nitrogens with one attached hydrogen (secondary N) is 2. The normalized spacial score (nSPS) is 10.4. The van der Waals surface area contributed by atoms with E-state index in [1.165, 1.54) is 0 Å². The molecule has 0 unspecified atom stereocenters. The summed E-state index contributed by atoms with van der Waals surface area (Å²) in [5.41, 5.74) is 7.49. The Labute approximate surface area is 170 Å². The number of benzene rings is 2. The molecule has 0 saturated carbocycles. The number of rotatable bonds is 5. The minimum atomic E-state index is -0.473. The van der Waals surface area contributed by atoms with E-state index in [1.807, 2.05) is 24.4 Å². The molecule has 5 nitrogen and oxygen atoms in total. The number of carbonyl (C=O) groups is 2. The Balaban J connectivity index is 1.64. The van der Waals surface area contributed by atoms with Crippen molar-refractivity contribution in [3.8, 4) is 0 Å². The maximum atomic E-state index is 12.5. The van der Waals surface area contributed by atoms with Gasteiger partial charge in [-0.25, -0.2) is 4.98 Å². The van der Waals surface area contributed by atoms with Gasteiger partial charge in [0.2, 0.25) is 0 Å². The van der Waals surface area contributed by atoms with Gasteiger partial charge in [-0.3, -0.25) is 20.4 Å². The first kappa shape index (κ1) is 19.4. The molecule has 0 fully saturated rings. The topological polar surface area (TPSA) is 71.1 Å². The van der Waals surface area contributed by atoms with Crippen LogP contribution in [0.1, 0.15) is 32.0 Å². The van der Waals surface area contributed by atoms with Gasteiger partial charge in [-0.05, 0) is 30.7 Å². The Morgan fingerprint density at radius 3 is 2.33 bits per heavy atom. The number of thioether (sulfide) groups is 1. The van der Waals surface area contributed by atoms with Crippen LogP contribution in [-0.4, -0.2) is 16.8 Å². The van der Waals surface area contributed by atoms with Crippen molar-refractivity contribution in [3.05, 3.63) is 81.3 Å². The molecule has 8 heteroatoms. The van der Waals surface area contributed by atoms with Crippen molar-refractivity contribution in [2.45, 2.75) is 17.0 Å². The van der Waals surface area contributed by atoms with E-state index >= 15 is 0 Å². The highest BCUT2D eigenvalue weighted by Crippen LogP contribution is 2.27. The number of hydrazine groups is 1. The monoisotopic (exact) mass is 417 g/mol. The molecule has 2 N–H and O–H groups in total. The van der Waals surface area contributed by atoms with Crippen molar-refractivity contribution in [1.29, 1.82) is 0 Å². The van der Waals surface area contributed by atoms with Crippen LogP contribution in [0.4, 0.5) is 0 Å². The Morgan fingerprint density at radius 1 is 1.04 bits per heavy atom. The standard InChI is InChI=1S/C19H16ClN3O2S2/c1-12-10-26-19(21-12)27-11-13-6-2-3-7-14(13)17(24)22-23-18(25)15-8-4-5-9-16(15)20/h2-10H,11H2,1H3,(H,22,24)(H,23,25). The summed E-state index contributed by atoms with van der Waals surface area (Å²) in [6.45, 7) is 1.95. The van der Waals surface area contributed by atoms with Crippen LogP contribution in [0.3, 0.4) is 0 Å². The zero-order valence-electron chi connectivity index (χ0n) is 14.4. The minimum Gasteiger partial charge on any atom is -0.267 e. The van der Waals surface area contributed by atoms with Gasteiger partial charge in [-0.15, -0.1) is 11.3 Å². The zero-order valence-corrected chi connectivity index (χ0v) is 16.8. The first-order valence-corrected chi connectivity index (χ1v) is 10.3. The summed E-state index contributed by atoms with van der Waals surface area (Å²) in [6, 6.07) is 13.9. The summed E-state index contributed by atoms with van der Waals surface area (Å²) >= 11 is 9.15. The third-order valence-corrected chi connectivity index (χ3v) is 6.14. The molecule has 0 bridgehead atoms. The highest BCUT2D eigenvalue weighted by Gasteiger charge is 2.14. The van der Waals surface area contributed by atoms with E-state index in [0.717, 1.165) is 15.6 Å². The molecule has 27 heavy (non-hydrogen) atoms. The van der Waals surface area contributed by atoms with Crippen LogP contribution >= 0.6 is 34.7 Å². The first-order valence-electron chi connectivity index (χ1n) is 8.02. The number of hydrogen-bond acceptors (Lipinski definition) is 5. The van der Waals surface area contributed by atoms with Crippen LogP contribution in [0, 0.1) is 6.92 Å². The van der Waals surface area contributed by atoms with Crippen LogP contribution in [-0.2, 0) is 5.75 Å². The molecule has 3 rings (SSSR count). The second kappa shape index (κ2) is 9.03. The van der Waals surface area contributed by atoms with Crippen molar-refractivity contribution < 1.29 is 9.59 Å². The van der Waals surface area contributed by atoms with Gasteiger partial charge >= 0.3 is 0 Å². The minimum absolute atomic E-state index is 0.294. The number of thiazole rings is 1. The Bertz CT molecular complexity index is 975. The van der Waals surface area contributed by atoms with E-state index in [1.54, 1.807) is 59.5 Å². The van der Waals surface area contributed by atoms with E-state index in [4.69, 9.17) is 11.6 Å². The Morgan fingerprint density at radius 2 is 1.67 bits per heavy atom. The number of nitrogens with zero attached hydrogens (tertiary/aromatic N) is 1. The largest absolute Gasteiger partial charge is 0.271 e. The van der Waals surface area contributed by atoms with Crippen LogP contribution in [0.2, 0.25) is 5.02 Å². The predicted molar refractivity (Wildman–Crippen MR) is 109 cm³/mol. The third kappa shape index (κ3) is 5.09. The molecule has 0 atom stereocenters. The van der Waals surface area contributed by atoms with Crippen molar-refractivity contribution in [1.82, 2.24) is 15.8 Å². The number of hydrogen-bond donors (Lipinski definition) is 2. The highest BCUT2D eigenvalue weighted by atomic mass is 35.5. The lowest BCUT2D eigenvalue weighted by Crippen LogP contribution is -2.42. The molecule has 0 aliphatic carbocycles. The summed E-state index contributed by atoms with van der Waals surface area (Å²) in [4.78, 5) is 29.1. The summed E-state index contributed by atoms with van der Waals surface area (Å²) in [5, 5.41) is 2.31. The second-order valence-corrected chi connectivity index (χ2v) is 8.08. The fourth-order valence-electron chi connectivity index (χ4n) is 2.30. The van der Waals surface area contributed by atoms with Crippen LogP contribution in [0.15, 0.2) is 58.3 Å². The maximum absolute atomic E-state index is 12.5. The van der Waals surface area contributed by atoms with E-state index in [0.29, 0.717) is 21.9 Å². The highest BCUT2D eigenvalue weighted by molar-refractivity contribution is 8.00. The third-order valence-electron chi connectivity index (χ3n) is 3.62. The lowest BCUT2D eigenvalue weighted by molar-refractivity contribution is 0.0846. The van der Waals surface area contributed by atoms with Gasteiger partial charge in [0.15, 0.2) is 0 Å². The Kier molecular flexibility index (Phi) is 6.49. The first-order chi connectivity index (χ1) is 13.0. The van der Waals surface area contributed by atoms with E-state index < -0.39 is 5.91 Å². The summed E-state index contributed by atoms with van der Waals surface area (Å²) in [5.74, 6) is -0.254. The second-order valence-electron chi connectivity index (χ2n) is 5.59. The van der Waals surface area contributed by atoms with Gasteiger partial charge in [0, 0.05) is 22.4 Å². The molecule has 138 valence electrons. The summed E-state index contributed by atoms with van der Waals surface area (Å²) in [7, 11) is 0. The molecular weight excluding hydrogens is 402 g/mol.